The van der Waals surface area contributed by atoms with Crippen LogP contribution in [0, 0.1) is 0 Å². The van der Waals surface area contributed by atoms with Crippen molar-refractivity contribution in [2.45, 2.75) is 18.9 Å². The molecule has 16 heavy (non-hydrogen) atoms. The largest absolute Gasteiger partial charge is 0.476 e. The maximum absolute atomic E-state index is 10.8. The van der Waals surface area contributed by atoms with E-state index in [1.54, 1.807) is 12.1 Å². The Balaban J connectivity index is 1.87. The first-order chi connectivity index (χ1) is 7.75. The van der Waals surface area contributed by atoms with Gasteiger partial charge < -0.3 is 15.8 Å². The lowest BCUT2D eigenvalue weighted by Crippen LogP contribution is -2.28. The number of carbonyl (C=O) groups is 1. The van der Waals surface area contributed by atoms with Gasteiger partial charge >= 0.3 is 0 Å². The van der Waals surface area contributed by atoms with Gasteiger partial charge in [-0.25, -0.2) is 4.98 Å². The molecule has 1 aliphatic heterocycles. The molecule has 1 amide bonds. The van der Waals surface area contributed by atoms with E-state index in [1.807, 2.05) is 0 Å². The molecule has 0 bridgehead atoms. The monoisotopic (exact) mass is 221 g/mol. The fourth-order valence-corrected chi connectivity index (χ4v) is 1.70. The van der Waals surface area contributed by atoms with Crippen LogP contribution in [-0.4, -0.2) is 30.1 Å². The SMILES string of the molecule is NC(=O)c1ccc(OCC2CCCN2)nc1. The number of carbonyl (C=O) groups excluding carboxylic acids is 1. The van der Waals surface area contributed by atoms with Crippen LogP contribution in [0.3, 0.4) is 0 Å². The molecule has 86 valence electrons. The molecule has 0 saturated carbocycles. The minimum atomic E-state index is -0.475. The minimum Gasteiger partial charge on any atom is -0.476 e. The van der Waals surface area contributed by atoms with Crippen molar-refractivity contribution in [2.24, 2.45) is 5.73 Å². The third-order valence-electron chi connectivity index (χ3n) is 2.62. The topological polar surface area (TPSA) is 77.2 Å². The van der Waals surface area contributed by atoms with Gasteiger partial charge in [-0.2, -0.15) is 0 Å². The van der Waals surface area contributed by atoms with Crippen LogP contribution in [-0.2, 0) is 0 Å². The summed E-state index contributed by atoms with van der Waals surface area (Å²) in [6.45, 7) is 1.67. The van der Waals surface area contributed by atoms with Gasteiger partial charge in [-0.15, -0.1) is 0 Å². The number of nitrogens with one attached hydrogen (secondary N) is 1. The molecule has 1 unspecified atom stereocenters. The Hall–Kier alpha value is -1.62. The van der Waals surface area contributed by atoms with Crippen LogP contribution in [0.15, 0.2) is 18.3 Å². The lowest BCUT2D eigenvalue weighted by Gasteiger charge is -2.11. The molecule has 2 heterocycles. The zero-order valence-corrected chi connectivity index (χ0v) is 8.98. The molecule has 1 aliphatic rings. The van der Waals surface area contributed by atoms with Crippen molar-refractivity contribution in [3.05, 3.63) is 23.9 Å². The summed E-state index contributed by atoms with van der Waals surface area (Å²) in [5.74, 6) is 0.0511. The molecular formula is C11H15N3O2. The quantitative estimate of drug-likeness (QED) is 0.767. The van der Waals surface area contributed by atoms with Crippen LogP contribution >= 0.6 is 0 Å². The summed E-state index contributed by atoms with van der Waals surface area (Å²) in [5, 5.41) is 3.33. The Bertz CT molecular complexity index is 358. The molecule has 1 aromatic heterocycles. The Morgan fingerprint density at radius 3 is 3.06 bits per heavy atom. The summed E-state index contributed by atoms with van der Waals surface area (Å²) in [7, 11) is 0. The molecule has 0 aliphatic carbocycles. The van der Waals surface area contributed by atoms with E-state index in [2.05, 4.69) is 10.3 Å². The van der Waals surface area contributed by atoms with Gasteiger partial charge in [-0.1, -0.05) is 0 Å². The zero-order chi connectivity index (χ0) is 11.4. The van der Waals surface area contributed by atoms with E-state index in [1.165, 1.54) is 12.6 Å². The van der Waals surface area contributed by atoms with E-state index < -0.39 is 5.91 Å². The van der Waals surface area contributed by atoms with E-state index in [0.29, 0.717) is 24.1 Å². The molecule has 1 fully saturated rings. The van der Waals surface area contributed by atoms with Crippen molar-refractivity contribution in [3.63, 3.8) is 0 Å². The van der Waals surface area contributed by atoms with E-state index in [4.69, 9.17) is 10.5 Å². The second-order valence-corrected chi connectivity index (χ2v) is 3.85. The summed E-state index contributed by atoms with van der Waals surface area (Å²) < 4.78 is 5.50. The second-order valence-electron chi connectivity index (χ2n) is 3.85. The maximum Gasteiger partial charge on any atom is 0.250 e. The number of amides is 1. The molecule has 1 saturated heterocycles. The highest BCUT2D eigenvalue weighted by Crippen LogP contribution is 2.10. The lowest BCUT2D eigenvalue weighted by molar-refractivity contribution is 0.1000. The van der Waals surface area contributed by atoms with Gasteiger partial charge in [-0.05, 0) is 25.5 Å². The Morgan fingerprint density at radius 2 is 2.50 bits per heavy atom. The molecule has 3 N–H and O–H groups in total. The molecule has 5 nitrogen and oxygen atoms in total. The zero-order valence-electron chi connectivity index (χ0n) is 8.98. The van der Waals surface area contributed by atoms with E-state index >= 15 is 0 Å². The number of pyridine rings is 1. The first-order valence-corrected chi connectivity index (χ1v) is 5.38. The summed E-state index contributed by atoms with van der Waals surface area (Å²) >= 11 is 0. The standard InChI is InChI=1S/C11H15N3O2/c12-11(15)8-3-4-10(14-6-8)16-7-9-2-1-5-13-9/h3-4,6,9,13H,1-2,5,7H2,(H2,12,15). The van der Waals surface area contributed by atoms with Gasteiger partial charge in [0.1, 0.15) is 6.61 Å². The maximum atomic E-state index is 10.8. The Kier molecular flexibility index (Phi) is 3.36. The van der Waals surface area contributed by atoms with Crippen molar-refractivity contribution in [3.8, 4) is 5.88 Å². The number of ether oxygens (including phenoxy) is 1. The molecule has 2 rings (SSSR count). The molecule has 1 atom stereocenters. The van der Waals surface area contributed by atoms with E-state index in [-0.39, 0.29) is 0 Å². The van der Waals surface area contributed by atoms with Crippen LogP contribution in [0.25, 0.3) is 0 Å². The number of rotatable bonds is 4. The number of nitrogens with two attached hydrogens (primary N) is 1. The summed E-state index contributed by atoms with van der Waals surface area (Å²) in [5.41, 5.74) is 5.50. The van der Waals surface area contributed by atoms with Crippen LogP contribution in [0.4, 0.5) is 0 Å². The van der Waals surface area contributed by atoms with Crippen LogP contribution in [0.5, 0.6) is 5.88 Å². The Morgan fingerprint density at radius 1 is 1.62 bits per heavy atom. The Labute approximate surface area is 94.0 Å². The van der Waals surface area contributed by atoms with Gasteiger partial charge in [0.05, 0.1) is 5.56 Å². The first-order valence-electron chi connectivity index (χ1n) is 5.38. The van der Waals surface area contributed by atoms with Crippen molar-refractivity contribution >= 4 is 5.91 Å². The van der Waals surface area contributed by atoms with Crippen molar-refractivity contribution < 1.29 is 9.53 Å². The highest BCUT2D eigenvalue weighted by atomic mass is 16.5. The normalized spacial score (nSPS) is 19.6. The number of nitrogens with zero attached hydrogens (tertiary/aromatic N) is 1. The van der Waals surface area contributed by atoms with E-state index in [9.17, 15) is 4.79 Å². The number of hydrogen-bond acceptors (Lipinski definition) is 4. The molecule has 5 heteroatoms. The highest BCUT2D eigenvalue weighted by Gasteiger charge is 2.14. The lowest BCUT2D eigenvalue weighted by atomic mass is 10.2. The third kappa shape index (κ3) is 2.70. The van der Waals surface area contributed by atoms with Gasteiger partial charge in [0.2, 0.25) is 11.8 Å². The van der Waals surface area contributed by atoms with E-state index in [0.717, 1.165) is 13.0 Å². The van der Waals surface area contributed by atoms with Crippen molar-refractivity contribution in [1.82, 2.24) is 10.3 Å². The smallest absolute Gasteiger partial charge is 0.250 e. The molecule has 0 radical (unpaired) electrons. The van der Waals surface area contributed by atoms with Crippen molar-refractivity contribution in [1.29, 1.82) is 0 Å². The van der Waals surface area contributed by atoms with Crippen LogP contribution in [0.1, 0.15) is 23.2 Å². The fourth-order valence-electron chi connectivity index (χ4n) is 1.70. The number of aromatic nitrogens is 1. The molecule has 1 aromatic rings. The molecule has 0 aromatic carbocycles. The number of hydrogen-bond donors (Lipinski definition) is 2. The third-order valence-corrected chi connectivity index (χ3v) is 2.62. The highest BCUT2D eigenvalue weighted by molar-refractivity contribution is 5.92. The van der Waals surface area contributed by atoms with Crippen LogP contribution in [0.2, 0.25) is 0 Å². The summed E-state index contributed by atoms with van der Waals surface area (Å²) in [4.78, 5) is 14.8. The first kappa shape index (κ1) is 10.9. The average molecular weight is 221 g/mol. The average Bonchev–Trinajstić information content (AvgIpc) is 2.80. The van der Waals surface area contributed by atoms with Gasteiger partial charge in [0, 0.05) is 18.3 Å². The second kappa shape index (κ2) is 4.94. The molecular weight excluding hydrogens is 206 g/mol. The summed E-state index contributed by atoms with van der Waals surface area (Å²) in [6.07, 6.45) is 3.77. The predicted molar refractivity (Wildman–Crippen MR) is 59.3 cm³/mol. The number of primary amides is 1. The summed E-state index contributed by atoms with van der Waals surface area (Å²) in [6, 6.07) is 3.69. The predicted octanol–water partition coefficient (Wildman–Crippen LogP) is 0.311. The van der Waals surface area contributed by atoms with Gasteiger partial charge in [-0.3, -0.25) is 4.79 Å². The van der Waals surface area contributed by atoms with Gasteiger partial charge in [0.25, 0.3) is 0 Å². The molecule has 0 spiro atoms. The van der Waals surface area contributed by atoms with Crippen LogP contribution < -0.4 is 15.8 Å². The fraction of sp³-hybridized carbons (Fsp3) is 0.455. The minimum absolute atomic E-state index is 0.395. The van der Waals surface area contributed by atoms with Gasteiger partial charge in [0.15, 0.2) is 0 Å². The van der Waals surface area contributed by atoms with Crippen molar-refractivity contribution in [2.75, 3.05) is 13.2 Å².